The minimum absolute atomic E-state index is 0.524. The summed E-state index contributed by atoms with van der Waals surface area (Å²) < 4.78 is 11.0. The summed E-state index contributed by atoms with van der Waals surface area (Å²) in [5.74, 6) is 2.66. The van der Waals surface area contributed by atoms with Crippen molar-refractivity contribution in [2.75, 3.05) is 65.5 Å². The Balaban J connectivity index is 1.59. The highest BCUT2D eigenvalue weighted by molar-refractivity contribution is 5.79. The van der Waals surface area contributed by atoms with Gasteiger partial charge < -0.3 is 29.9 Å². The summed E-state index contributed by atoms with van der Waals surface area (Å²) in [4.78, 5) is 13.8. The molecule has 1 aliphatic rings. The molecule has 1 aromatic carbocycles. The number of rotatable bonds is 9. The maximum Gasteiger partial charge on any atom is 0.191 e. The lowest BCUT2D eigenvalue weighted by molar-refractivity contribution is 0.145. The molecule has 0 radical (unpaired) electrons. The maximum absolute atomic E-state index is 5.90. The number of nitrogens with zero attached hydrogens (tertiary/aromatic N) is 4. The highest BCUT2D eigenvalue weighted by Crippen LogP contribution is 2.21. The summed E-state index contributed by atoms with van der Waals surface area (Å²) in [6, 6.07) is 10.4. The normalized spacial score (nSPS) is 15.0. The van der Waals surface area contributed by atoms with Crippen molar-refractivity contribution in [1.29, 1.82) is 0 Å². The molecule has 3 rings (SSSR count). The number of piperazine rings is 1. The van der Waals surface area contributed by atoms with Crippen molar-refractivity contribution in [3.8, 4) is 5.75 Å². The van der Waals surface area contributed by atoms with Crippen molar-refractivity contribution in [1.82, 2.24) is 20.5 Å². The molecule has 1 saturated heterocycles. The largest absolute Gasteiger partial charge is 0.491 e. The van der Waals surface area contributed by atoms with Gasteiger partial charge in [0.25, 0.3) is 0 Å². The number of aliphatic imine (C=N–C) groups is 1. The number of anilines is 1. The van der Waals surface area contributed by atoms with Crippen molar-refractivity contribution in [2.24, 2.45) is 4.99 Å². The quantitative estimate of drug-likeness (QED) is 0.351. The number of guanidine groups is 1. The number of aromatic nitrogens is 1. The fourth-order valence-corrected chi connectivity index (χ4v) is 3.63. The van der Waals surface area contributed by atoms with E-state index >= 15 is 0 Å². The first-order valence-corrected chi connectivity index (χ1v) is 11.1. The van der Waals surface area contributed by atoms with Gasteiger partial charge in [-0.2, -0.15) is 0 Å². The van der Waals surface area contributed by atoms with Crippen molar-refractivity contribution in [2.45, 2.75) is 20.0 Å². The van der Waals surface area contributed by atoms with Crippen LogP contribution in [0.15, 0.2) is 41.5 Å². The lowest BCUT2D eigenvalue weighted by Gasteiger charge is -2.34. The molecule has 8 heteroatoms. The second kappa shape index (κ2) is 12.3. The third-order valence-corrected chi connectivity index (χ3v) is 5.55. The van der Waals surface area contributed by atoms with E-state index in [1.54, 1.807) is 14.2 Å². The van der Waals surface area contributed by atoms with E-state index < -0.39 is 0 Å². The fraction of sp³-hybridized carbons (Fsp3) is 0.500. The molecule has 1 aromatic heterocycles. The van der Waals surface area contributed by atoms with Crippen LogP contribution in [0.4, 0.5) is 5.82 Å². The summed E-state index contributed by atoms with van der Waals surface area (Å²) in [5.41, 5.74) is 3.41. The van der Waals surface area contributed by atoms with Crippen LogP contribution in [-0.4, -0.2) is 76.4 Å². The molecular weight excluding hydrogens is 404 g/mol. The highest BCUT2D eigenvalue weighted by atomic mass is 16.5. The molecule has 0 saturated carbocycles. The van der Waals surface area contributed by atoms with Crippen LogP contribution in [0.3, 0.4) is 0 Å². The van der Waals surface area contributed by atoms with Crippen molar-refractivity contribution >= 4 is 11.8 Å². The number of aryl methyl sites for hydroxylation is 1. The van der Waals surface area contributed by atoms with Crippen LogP contribution < -0.4 is 20.3 Å². The molecule has 0 unspecified atom stereocenters. The second-order valence-corrected chi connectivity index (χ2v) is 8.01. The molecule has 32 heavy (non-hydrogen) atoms. The van der Waals surface area contributed by atoms with E-state index in [-0.39, 0.29) is 0 Å². The first-order chi connectivity index (χ1) is 15.6. The van der Waals surface area contributed by atoms with Gasteiger partial charge in [0.2, 0.25) is 0 Å². The molecule has 2 aromatic rings. The van der Waals surface area contributed by atoms with Gasteiger partial charge >= 0.3 is 0 Å². The SMILES string of the molecule is CN=C(NCc1ccc(C)cc1OCCOC)NCc1cccnc1N1CCN(C)CC1. The Morgan fingerprint density at radius 1 is 1.06 bits per heavy atom. The van der Waals surface area contributed by atoms with E-state index in [4.69, 9.17) is 9.47 Å². The van der Waals surface area contributed by atoms with Crippen LogP contribution in [0, 0.1) is 6.92 Å². The highest BCUT2D eigenvalue weighted by Gasteiger charge is 2.18. The van der Waals surface area contributed by atoms with Crippen LogP contribution in [0.1, 0.15) is 16.7 Å². The third kappa shape index (κ3) is 6.83. The Bertz CT molecular complexity index is 881. The van der Waals surface area contributed by atoms with Crippen LogP contribution in [0.5, 0.6) is 5.75 Å². The van der Waals surface area contributed by atoms with Crippen molar-refractivity contribution < 1.29 is 9.47 Å². The Morgan fingerprint density at radius 2 is 1.81 bits per heavy atom. The lowest BCUT2D eigenvalue weighted by atomic mass is 10.1. The minimum atomic E-state index is 0.524. The smallest absolute Gasteiger partial charge is 0.191 e. The molecule has 0 atom stereocenters. The van der Waals surface area contributed by atoms with Crippen LogP contribution in [0.2, 0.25) is 0 Å². The number of hydrogen-bond acceptors (Lipinski definition) is 6. The lowest BCUT2D eigenvalue weighted by Crippen LogP contribution is -2.45. The number of likely N-dealkylation sites (N-methyl/N-ethyl adjacent to an activating group) is 1. The monoisotopic (exact) mass is 440 g/mol. The summed E-state index contributed by atoms with van der Waals surface area (Å²) in [5, 5.41) is 6.83. The van der Waals surface area contributed by atoms with Gasteiger partial charge in [0.15, 0.2) is 5.96 Å². The van der Waals surface area contributed by atoms with E-state index in [1.165, 1.54) is 5.56 Å². The predicted octanol–water partition coefficient (Wildman–Crippen LogP) is 2.03. The molecule has 0 aliphatic carbocycles. The van der Waals surface area contributed by atoms with Gasteiger partial charge in [-0.25, -0.2) is 4.98 Å². The molecular formula is C24H36N6O2. The van der Waals surface area contributed by atoms with Gasteiger partial charge in [0, 0.05) is 70.7 Å². The van der Waals surface area contributed by atoms with E-state index in [0.717, 1.165) is 54.8 Å². The topological polar surface area (TPSA) is 74.2 Å². The second-order valence-electron chi connectivity index (χ2n) is 8.01. The van der Waals surface area contributed by atoms with Gasteiger partial charge in [-0.15, -0.1) is 0 Å². The zero-order chi connectivity index (χ0) is 22.8. The van der Waals surface area contributed by atoms with Crippen molar-refractivity contribution in [3.63, 3.8) is 0 Å². The third-order valence-electron chi connectivity index (χ3n) is 5.55. The molecule has 1 aliphatic heterocycles. The number of ether oxygens (including phenoxy) is 2. The summed E-state index contributed by atoms with van der Waals surface area (Å²) in [6.45, 7) is 8.50. The van der Waals surface area contributed by atoms with Crippen LogP contribution in [-0.2, 0) is 17.8 Å². The number of hydrogen-bond donors (Lipinski definition) is 2. The number of nitrogens with one attached hydrogen (secondary N) is 2. The molecule has 174 valence electrons. The zero-order valence-corrected chi connectivity index (χ0v) is 19.7. The Morgan fingerprint density at radius 3 is 2.53 bits per heavy atom. The first-order valence-electron chi connectivity index (χ1n) is 11.1. The number of benzene rings is 1. The number of methoxy groups -OCH3 is 1. The molecule has 0 amide bonds. The van der Waals surface area contributed by atoms with Gasteiger partial charge in [0.1, 0.15) is 18.2 Å². The van der Waals surface area contributed by atoms with Gasteiger partial charge in [-0.05, 0) is 31.7 Å². The molecule has 0 spiro atoms. The molecule has 2 N–H and O–H groups in total. The first kappa shape index (κ1) is 23.8. The van der Waals surface area contributed by atoms with Crippen LogP contribution >= 0.6 is 0 Å². The van der Waals surface area contributed by atoms with Crippen molar-refractivity contribution in [3.05, 3.63) is 53.2 Å². The predicted molar refractivity (Wildman–Crippen MR) is 130 cm³/mol. The van der Waals surface area contributed by atoms with E-state index in [1.807, 2.05) is 12.3 Å². The standard InChI is InChI=1S/C24H36N6O2/c1-19-7-8-20(22(16-19)32-15-14-31-4)17-27-24(25-2)28-18-21-6-5-9-26-23(21)30-12-10-29(3)11-13-30/h5-9,16H,10-15,17-18H2,1-4H3,(H2,25,27,28). The summed E-state index contributed by atoms with van der Waals surface area (Å²) >= 11 is 0. The minimum Gasteiger partial charge on any atom is -0.491 e. The average molecular weight is 441 g/mol. The summed E-state index contributed by atoms with van der Waals surface area (Å²) in [7, 11) is 5.62. The molecule has 8 nitrogen and oxygen atoms in total. The number of pyridine rings is 1. The molecule has 2 heterocycles. The van der Waals surface area contributed by atoms with E-state index in [9.17, 15) is 0 Å². The van der Waals surface area contributed by atoms with E-state index in [0.29, 0.717) is 26.3 Å². The molecule has 0 bridgehead atoms. The van der Waals surface area contributed by atoms with Crippen LogP contribution in [0.25, 0.3) is 0 Å². The van der Waals surface area contributed by atoms with Gasteiger partial charge in [-0.3, -0.25) is 4.99 Å². The fourth-order valence-electron chi connectivity index (χ4n) is 3.63. The van der Waals surface area contributed by atoms with E-state index in [2.05, 4.69) is 68.6 Å². The van der Waals surface area contributed by atoms with Gasteiger partial charge in [-0.1, -0.05) is 18.2 Å². The average Bonchev–Trinajstić information content (AvgIpc) is 2.81. The Hall–Kier alpha value is -2.84. The Kier molecular flexibility index (Phi) is 9.13. The summed E-state index contributed by atoms with van der Waals surface area (Å²) in [6.07, 6.45) is 1.87. The maximum atomic E-state index is 5.90. The Labute approximate surface area is 191 Å². The van der Waals surface area contributed by atoms with Gasteiger partial charge in [0.05, 0.1) is 6.61 Å². The zero-order valence-electron chi connectivity index (χ0n) is 19.7. The molecule has 1 fully saturated rings.